The lowest BCUT2D eigenvalue weighted by atomic mass is 10.1. The molecule has 0 saturated carbocycles. The first kappa shape index (κ1) is 11.4. The Morgan fingerprint density at radius 2 is 2.00 bits per heavy atom. The fourth-order valence-electron chi connectivity index (χ4n) is 2.78. The fourth-order valence-corrected chi connectivity index (χ4v) is 2.78. The zero-order valence-corrected chi connectivity index (χ0v) is 10.9. The quantitative estimate of drug-likeness (QED) is 0.849. The van der Waals surface area contributed by atoms with Gasteiger partial charge in [0.15, 0.2) is 0 Å². The molecule has 4 heteroatoms. The summed E-state index contributed by atoms with van der Waals surface area (Å²) in [6.45, 7) is 6.32. The predicted octanol–water partition coefficient (Wildman–Crippen LogP) is 1.89. The van der Waals surface area contributed by atoms with E-state index in [0.29, 0.717) is 0 Å². The number of nitrogens with zero attached hydrogens (tertiary/aromatic N) is 1. The Bertz CT molecular complexity index is 555. The average Bonchev–Trinajstić information content (AvgIpc) is 2.75. The third kappa shape index (κ3) is 1.73. The molecule has 0 spiro atoms. The molecule has 2 heterocycles. The van der Waals surface area contributed by atoms with Crippen molar-refractivity contribution >= 4 is 16.6 Å². The fraction of sp³-hybridized carbons (Fsp3) is 0.429. The highest BCUT2D eigenvalue weighted by Gasteiger charge is 2.19. The molecule has 1 aliphatic heterocycles. The Kier molecular flexibility index (Phi) is 2.88. The SMILES string of the molecule is COc1cccc2[nH]c(C)c(N3CCNCC3)c12. The van der Waals surface area contributed by atoms with Crippen LogP contribution in [0.25, 0.3) is 10.9 Å². The van der Waals surface area contributed by atoms with Gasteiger partial charge in [-0.15, -0.1) is 0 Å². The summed E-state index contributed by atoms with van der Waals surface area (Å²) in [7, 11) is 1.73. The highest BCUT2D eigenvalue weighted by molar-refractivity contribution is 5.99. The van der Waals surface area contributed by atoms with E-state index in [1.165, 1.54) is 16.8 Å². The molecule has 0 radical (unpaired) electrons. The molecule has 1 saturated heterocycles. The average molecular weight is 245 g/mol. The predicted molar refractivity (Wildman–Crippen MR) is 74.7 cm³/mol. The lowest BCUT2D eigenvalue weighted by Crippen LogP contribution is -2.43. The van der Waals surface area contributed by atoms with Crippen molar-refractivity contribution in [1.82, 2.24) is 10.3 Å². The van der Waals surface area contributed by atoms with Gasteiger partial charge in [-0.3, -0.25) is 0 Å². The molecule has 0 atom stereocenters. The van der Waals surface area contributed by atoms with Crippen LogP contribution in [0.4, 0.5) is 5.69 Å². The maximum Gasteiger partial charge on any atom is 0.130 e. The number of hydrogen-bond donors (Lipinski definition) is 2. The number of benzene rings is 1. The van der Waals surface area contributed by atoms with E-state index in [4.69, 9.17) is 4.74 Å². The molecule has 0 aliphatic carbocycles. The number of methoxy groups -OCH3 is 1. The molecule has 18 heavy (non-hydrogen) atoms. The van der Waals surface area contributed by atoms with Gasteiger partial charge in [0.25, 0.3) is 0 Å². The molecule has 0 bridgehead atoms. The summed E-state index contributed by atoms with van der Waals surface area (Å²) < 4.78 is 5.51. The van der Waals surface area contributed by atoms with Crippen LogP contribution in [0.1, 0.15) is 5.69 Å². The molecule has 2 aromatic rings. The van der Waals surface area contributed by atoms with Crippen molar-refractivity contribution in [3.05, 3.63) is 23.9 Å². The molecule has 1 aliphatic rings. The third-order valence-corrected chi connectivity index (χ3v) is 3.59. The first-order valence-electron chi connectivity index (χ1n) is 6.42. The molecule has 0 unspecified atom stereocenters. The summed E-state index contributed by atoms with van der Waals surface area (Å²) >= 11 is 0. The minimum absolute atomic E-state index is 0.949. The van der Waals surface area contributed by atoms with E-state index in [2.05, 4.69) is 28.2 Å². The van der Waals surface area contributed by atoms with Gasteiger partial charge >= 0.3 is 0 Å². The van der Waals surface area contributed by atoms with Gasteiger partial charge in [0.05, 0.1) is 23.7 Å². The zero-order chi connectivity index (χ0) is 12.5. The Balaban J connectivity index is 2.17. The highest BCUT2D eigenvalue weighted by atomic mass is 16.5. The van der Waals surface area contributed by atoms with Crippen LogP contribution in [0.15, 0.2) is 18.2 Å². The second kappa shape index (κ2) is 4.53. The summed E-state index contributed by atoms with van der Waals surface area (Å²) in [4.78, 5) is 5.89. The van der Waals surface area contributed by atoms with Gasteiger partial charge in [-0.1, -0.05) is 6.07 Å². The van der Waals surface area contributed by atoms with Crippen LogP contribution < -0.4 is 15.0 Å². The Labute approximate surface area is 107 Å². The molecule has 3 rings (SSSR count). The van der Waals surface area contributed by atoms with Crippen molar-refractivity contribution in [1.29, 1.82) is 0 Å². The Hall–Kier alpha value is -1.68. The zero-order valence-electron chi connectivity index (χ0n) is 10.9. The normalized spacial score (nSPS) is 16.2. The number of aryl methyl sites for hydroxylation is 1. The Morgan fingerprint density at radius 1 is 1.22 bits per heavy atom. The third-order valence-electron chi connectivity index (χ3n) is 3.59. The second-order valence-corrected chi connectivity index (χ2v) is 4.72. The van der Waals surface area contributed by atoms with Crippen LogP contribution in [-0.2, 0) is 0 Å². The summed E-state index contributed by atoms with van der Waals surface area (Å²) in [6.07, 6.45) is 0. The van der Waals surface area contributed by atoms with Crippen molar-refractivity contribution in [2.75, 3.05) is 38.2 Å². The van der Waals surface area contributed by atoms with E-state index in [0.717, 1.165) is 37.4 Å². The molecular weight excluding hydrogens is 226 g/mol. The molecule has 4 nitrogen and oxygen atoms in total. The Morgan fingerprint density at radius 3 is 2.72 bits per heavy atom. The largest absolute Gasteiger partial charge is 0.496 e. The lowest BCUT2D eigenvalue weighted by Gasteiger charge is -2.30. The van der Waals surface area contributed by atoms with Gasteiger partial charge in [0.2, 0.25) is 0 Å². The van der Waals surface area contributed by atoms with Crippen LogP contribution in [0.5, 0.6) is 5.75 Å². The number of anilines is 1. The van der Waals surface area contributed by atoms with Gasteiger partial charge in [-0.2, -0.15) is 0 Å². The molecule has 96 valence electrons. The van der Waals surface area contributed by atoms with E-state index in [1.54, 1.807) is 7.11 Å². The monoisotopic (exact) mass is 245 g/mol. The number of rotatable bonds is 2. The number of nitrogens with one attached hydrogen (secondary N) is 2. The highest BCUT2D eigenvalue weighted by Crippen LogP contribution is 2.37. The van der Waals surface area contributed by atoms with Crippen molar-refractivity contribution in [2.24, 2.45) is 0 Å². The van der Waals surface area contributed by atoms with Gasteiger partial charge < -0.3 is 19.9 Å². The smallest absolute Gasteiger partial charge is 0.130 e. The summed E-state index contributed by atoms with van der Waals surface area (Å²) in [5, 5.41) is 4.60. The van der Waals surface area contributed by atoms with E-state index < -0.39 is 0 Å². The van der Waals surface area contributed by atoms with Gasteiger partial charge in [-0.05, 0) is 19.1 Å². The summed E-state index contributed by atoms with van der Waals surface area (Å²) in [6, 6.07) is 6.16. The van der Waals surface area contributed by atoms with Crippen LogP contribution in [0.3, 0.4) is 0 Å². The first-order chi connectivity index (χ1) is 8.81. The van der Waals surface area contributed by atoms with E-state index in [-0.39, 0.29) is 0 Å². The molecule has 1 aromatic carbocycles. The van der Waals surface area contributed by atoms with Crippen molar-refractivity contribution in [2.45, 2.75) is 6.92 Å². The standard InChI is InChI=1S/C14H19N3O/c1-10-14(17-8-6-15-7-9-17)13-11(16-10)4-3-5-12(13)18-2/h3-5,15-16H,6-9H2,1-2H3. The van der Waals surface area contributed by atoms with Crippen molar-refractivity contribution in [3.8, 4) is 5.75 Å². The number of fused-ring (bicyclic) bond motifs is 1. The van der Waals surface area contributed by atoms with E-state index >= 15 is 0 Å². The number of aromatic nitrogens is 1. The summed E-state index contributed by atoms with van der Waals surface area (Å²) in [5.41, 5.74) is 3.67. The van der Waals surface area contributed by atoms with Crippen LogP contribution in [0.2, 0.25) is 0 Å². The van der Waals surface area contributed by atoms with Crippen LogP contribution in [0, 0.1) is 6.92 Å². The van der Waals surface area contributed by atoms with Gasteiger partial charge in [-0.25, -0.2) is 0 Å². The molecule has 0 amide bonds. The summed E-state index contributed by atoms with van der Waals surface area (Å²) in [5.74, 6) is 0.949. The number of H-pyrrole nitrogens is 1. The molecule has 2 N–H and O–H groups in total. The number of aromatic amines is 1. The molecule has 1 fully saturated rings. The molecule has 1 aromatic heterocycles. The van der Waals surface area contributed by atoms with Gasteiger partial charge in [0.1, 0.15) is 5.75 Å². The van der Waals surface area contributed by atoms with Crippen molar-refractivity contribution < 1.29 is 4.74 Å². The minimum atomic E-state index is 0.949. The maximum atomic E-state index is 5.51. The minimum Gasteiger partial charge on any atom is -0.496 e. The van der Waals surface area contributed by atoms with Crippen LogP contribution in [-0.4, -0.2) is 38.3 Å². The lowest BCUT2D eigenvalue weighted by molar-refractivity contribution is 0.420. The van der Waals surface area contributed by atoms with E-state index in [9.17, 15) is 0 Å². The van der Waals surface area contributed by atoms with Crippen LogP contribution >= 0.6 is 0 Å². The number of ether oxygens (including phenoxy) is 1. The van der Waals surface area contributed by atoms with Crippen molar-refractivity contribution in [3.63, 3.8) is 0 Å². The topological polar surface area (TPSA) is 40.3 Å². The van der Waals surface area contributed by atoms with Gasteiger partial charge in [0, 0.05) is 31.9 Å². The van der Waals surface area contributed by atoms with E-state index in [1.807, 2.05) is 12.1 Å². The molecular formula is C14H19N3O. The number of piperazine rings is 1. The number of hydrogen-bond acceptors (Lipinski definition) is 3. The maximum absolute atomic E-state index is 5.51. The first-order valence-corrected chi connectivity index (χ1v) is 6.42. The second-order valence-electron chi connectivity index (χ2n) is 4.72.